The molecule has 0 unspecified atom stereocenters. The van der Waals surface area contributed by atoms with Crippen LogP contribution in [0.25, 0.3) is 0 Å². The number of thiophene rings is 1. The number of rotatable bonds is 2. The molecule has 6 nitrogen and oxygen atoms in total. The van der Waals surface area contributed by atoms with Gasteiger partial charge in [-0.3, -0.25) is 4.90 Å². The number of fused-ring (bicyclic) bond motifs is 1. The number of benzene rings is 1. The summed E-state index contributed by atoms with van der Waals surface area (Å²) in [5.41, 5.74) is 2.51. The molecular formula is C17H17N3O3S. The molecule has 2 aromatic rings. The van der Waals surface area contributed by atoms with Crippen molar-refractivity contribution in [2.75, 3.05) is 29.9 Å². The second kappa shape index (κ2) is 6.16. The summed E-state index contributed by atoms with van der Waals surface area (Å²) < 4.78 is 4.99. The van der Waals surface area contributed by atoms with Crippen LogP contribution < -0.4 is 10.2 Å². The molecule has 3 amide bonds. The van der Waals surface area contributed by atoms with E-state index < -0.39 is 0 Å². The van der Waals surface area contributed by atoms with Crippen LogP contribution in [-0.4, -0.2) is 36.7 Å². The van der Waals surface area contributed by atoms with Gasteiger partial charge in [-0.25, -0.2) is 9.59 Å². The molecule has 7 heteroatoms. The topological polar surface area (TPSA) is 61.9 Å². The fraction of sp³-hybridized carbons (Fsp3) is 0.294. The Kier molecular flexibility index (Phi) is 3.86. The van der Waals surface area contributed by atoms with Crippen molar-refractivity contribution < 1.29 is 14.3 Å². The molecule has 0 spiro atoms. The van der Waals surface area contributed by atoms with Crippen molar-refractivity contribution in [3.05, 3.63) is 46.2 Å². The van der Waals surface area contributed by atoms with Crippen LogP contribution in [0.4, 0.5) is 21.0 Å². The summed E-state index contributed by atoms with van der Waals surface area (Å²) in [6, 6.07) is 9.23. The minimum absolute atomic E-state index is 0.146. The van der Waals surface area contributed by atoms with Gasteiger partial charge in [0.2, 0.25) is 0 Å². The average Bonchev–Trinajstić information content (AvgIpc) is 3.23. The predicted octanol–water partition coefficient (Wildman–Crippen LogP) is 3.29. The minimum atomic E-state index is -0.377. The van der Waals surface area contributed by atoms with Crippen molar-refractivity contribution in [1.29, 1.82) is 0 Å². The molecule has 1 aromatic carbocycles. The molecule has 2 aliphatic heterocycles. The third kappa shape index (κ3) is 2.71. The first-order valence-electron chi connectivity index (χ1n) is 7.87. The number of anilines is 2. The van der Waals surface area contributed by atoms with Gasteiger partial charge in [-0.2, -0.15) is 0 Å². The molecule has 0 radical (unpaired) electrons. The number of nitrogens with one attached hydrogen (secondary N) is 1. The lowest BCUT2D eigenvalue weighted by molar-refractivity contribution is 0.181. The first-order valence-corrected chi connectivity index (χ1v) is 8.75. The number of hydrogen-bond acceptors (Lipinski definition) is 4. The van der Waals surface area contributed by atoms with Gasteiger partial charge in [0.05, 0.1) is 17.9 Å². The summed E-state index contributed by atoms with van der Waals surface area (Å²) in [4.78, 5) is 29.1. The molecule has 0 atom stereocenters. The van der Waals surface area contributed by atoms with Gasteiger partial charge < -0.3 is 15.0 Å². The molecule has 24 heavy (non-hydrogen) atoms. The summed E-state index contributed by atoms with van der Waals surface area (Å²) in [6.45, 7) is 2.19. The van der Waals surface area contributed by atoms with Gasteiger partial charge >= 0.3 is 12.1 Å². The Labute approximate surface area is 143 Å². The Morgan fingerprint density at radius 3 is 2.92 bits per heavy atom. The summed E-state index contributed by atoms with van der Waals surface area (Å²) in [5.74, 6) is 0. The van der Waals surface area contributed by atoms with Crippen molar-refractivity contribution in [2.45, 2.75) is 13.0 Å². The Morgan fingerprint density at radius 1 is 1.21 bits per heavy atom. The number of hydrogen-bond donors (Lipinski definition) is 1. The summed E-state index contributed by atoms with van der Waals surface area (Å²) in [6.07, 6.45) is 0.512. The molecule has 1 N–H and O–H groups in total. The number of carbonyl (C=O) groups is 2. The number of ether oxygens (including phenoxy) is 1. The van der Waals surface area contributed by atoms with E-state index in [-0.39, 0.29) is 12.1 Å². The molecule has 0 saturated carbocycles. The van der Waals surface area contributed by atoms with Crippen LogP contribution in [0, 0.1) is 0 Å². The maximum Gasteiger partial charge on any atom is 0.414 e. The zero-order chi connectivity index (χ0) is 16.5. The van der Waals surface area contributed by atoms with E-state index >= 15 is 0 Å². The van der Waals surface area contributed by atoms with Crippen LogP contribution in [0.2, 0.25) is 0 Å². The van der Waals surface area contributed by atoms with Gasteiger partial charge in [-0.15, -0.1) is 11.3 Å². The number of cyclic esters (lactones) is 1. The molecule has 0 aliphatic carbocycles. The van der Waals surface area contributed by atoms with Crippen molar-refractivity contribution in [2.24, 2.45) is 0 Å². The van der Waals surface area contributed by atoms with Gasteiger partial charge in [0.25, 0.3) is 0 Å². The molecular weight excluding hydrogens is 326 g/mol. The molecule has 3 heterocycles. The van der Waals surface area contributed by atoms with E-state index in [1.165, 1.54) is 10.4 Å². The van der Waals surface area contributed by atoms with E-state index in [1.54, 1.807) is 27.2 Å². The Bertz CT molecular complexity index is 789. The monoisotopic (exact) mass is 343 g/mol. The maximum atomic E-state index is 12.6. The Balaban J connectivity index is 1.51. The number of amides is 3. The predicted molar refractivity (Wildman–Crippen MR) is 92.6 cm³/mol. The largest absolute Gasteiger partial charge is 0.447 e. The fourth-order valence-electron chi connectivity index (χ4n) is 3.04. The van der Waals surface area contributed by atoms with Crippen LogP contribution in [0.3, 0.4) is 0 Å². The Morgan fingerprint density at radius 2 is 2.08 bits per heavy atom. The molecule has 2 aliphatic rings. The maximum absolute atomic E-state index is 12.6. The van der Waals surface area contributed by atoms with Crippen molar-refractivity contribution in [3.8, 4) is 0 Å². The summed E-state index contributed by atoms with van der Waals surface area (Å²) in [5, 5.41) is 5.01. The van der Waals surface area contributed by atoms with Gasteiger partial charge in [-0.1, -0.05) is 12.1 Å². The van der Waals surface area contributed by atoms with E-state index in [4.69, 9.17) is 4.74 Å². The number of para-hydroxylation sites is 2. The second-order valence-corrected chi connectivity index (χ2v) is 6.75. The highest BCUT2D eigenvalue weighted by atomic mass is 32.1. The van der Waals surface area contributed by atoms with Crippen LogP contribution in [0.5, 0.6) is 0 Å². The smallest absolute Gasteiger partial charge is 0.414 e. The zero-order valence-electron chi connectivity index (χ0n) is 13.0. The highest BCUT2D eigenvalue weighted by Crippen LogP contribution is 2.29. The van der Waals surface area contributed by atoms with Crippen LogP contribution in [0.15, 0.2) is 35.7 Å². The fourth-order valence-corrected chi connectivity index (χ4v) is 3.93. The van der Waals surface area contributed by atoms with Crippen LogP contribution in [-0.2, 0) is 17.7 Å². The van der Waals surface area contributed by atoms with Crippen LogP contribution in [0.1, 0.15) is 10.4 Å². The van der Waals surface area contributed by atoms with E-state index in [2.05, 4.69) is 16.8 Å². The van der Waals surface area contributed by atoms with E-state index in [0.717, 1.165) is 6.42 Å². The molecule has 124 valence electrons. The molecule has 0 bridgehead atoms. The van der Waals surface area contributed by atoms with Gasteiger partial charge in [0.1, 0.15) is 6.61 Å². The average molecular weight is 343 g/mol. The van der Waals surface area contributed by atoms with Crippen molar-refractivity contribution >= 4 is 34.8 Å². The van der Waals surface area contributed by atoms with E-state index in [0.29, 0.717) is 37.6 Å². The SMILES string of the molecule is O=C(Nc1ccccc1N1CCOC1=O)N1CCc2sccc2C1. The molecule has 1 aromatic heterocycles. The summed E-state index contributed by atoms with van der Waals surface area (Å²) in [7, 11) is 0. The number of nitrogens with zero attached hydrogens (tertiary/aromatic N) is 2. The third-order valence-electron chi connectivity index (χ3n) is 4.29. The van der Waals surface area contributed by atoms with Gasteiger partial charge in [0.15, 0.2) is 0 Å². The molecule has 1 fully saturated rings. The minimum Gasteiger partial charge on any atom is -0.447 e. The second-order valence-electron chi connectivity index (χ2n) is 5.75. The first-order chi connectivity index (χ1) is 11.7. The lowest BCUT2D eigenvalue weighted by Gasteiger charge is -2.28. The van der Waals surface area contributed by atoms with Crippen molar-refractivity contribution in [3.63, 3.8) is 0 Å². The number of carbonyl (C=O) groups excluding carboxylic acids is 2. The lowest BCUT2D eigenvalue weighted by atomic mass is 10.1. The zero-order valence-corrected chi connectivity index (χ0v) is 13.8. The number of urea groups is 1. The van der Waals surface area contributed by atoms with Crippen LogP contribution >= 0.6 is 11.3 Å². The standard InChI is InChI=1S/C17H17N3O3S/c21-16(19-7-5-15-12(11-19)6-10-24-15)18-13-3-1-2-4-14(13)20-8-9-23-17(20)22/h1-4,6,10H,5,7-9,11H2,(H,18,21). The molecule has 4 rings (SSSR count). The van der Waals surface area contributed by atoms with E-state index in [9.17, 15) is 9.59 Å². The van der Waals surface area contributed by atoms with Gasteiger partial charge in [-0.05, 0) is 35.6 Å². The summed E-state index contributed by atoms with van der Waals surface area (Å²) >= 11 is 1.75. The lowest BCUT2D eigenvalue weighted by Crippen LogP contribution is -2.38. The highest BCUT2D eigenvalue weighted by Gasteiger charge is 2.27. The normalized spacial score (nSPS) is 16.8. The Hall–Kier alpha value is -2.54. The van der Waals surface area contributed by atoms with E-state index in [1.807, 2.05) is 18.2 Å². The third-order valence-corrected chi connectivity index (χ3v) is 5.32. The van der Waals surface area contributed by atoms with Crippen molar-refractivity contribution in [1.82, 2.24) is 4.90 Å². The first kappa shape index (κ1) is 15.0. The molecule has 1 saturated heterocycles. The van der Waals surface area contributed by atoms with Gasteiger partial charge in [0, 0.05) is 18.0 Å². The highest BCUT2D eigenvalue weighted by molar-refractivity contribution is 7.10. The quantitative estimate of drug-likeness (QED) is 0.910.